The van der Waals surface area contributed by atoms with Gasteiger partial charge in [-0.3, -0.25) is 9.59 Å². The van der Waals surface area contributed by atoms with Gasteiger partial charge >= 0.3 is 0 Å². The Hall–Kier alpha value is -3.47. The summed E-state index contributed by atoms with van der Waals surface area (Å²) in [7, 11) is 0. The van der Waals surface area contributed by atoms with Crippen molar-refractivity contribution < 1.29 is 23.1 Å². The number of pyridine rings is 1. The largest absolute Gasteiger partial charge is 0.487 e. The summed E-state index contributed by atoms with van der Waals surface area (Å²) in [6.45, 7) is 4.28. The highest BCUT2D eigenvalue weighted by atomic mass is 32.2. The molecule has 0 unspecified atom stereocenters. The Morgan fingerprint density at radius 1 is 1.31 bits per heavy atom. The lowest BCUT2D eigenvalue weighted by Crippen LogP contribution is -2.41. The molecule has 0 spiro atoms. The van der Waals surface area contributed by atoms with E-state index >= 15 is 0 Å². The van der Waals surface area contributed by atoms with Crippen molar-refractivity contribution in [3.63, 3.8) is 0 Å². The van der Waals surface area contributed by atoms with Crippen molar-refractivity contribution in [3.8, 4) is 11.6 Å². The van der Waals surface area contributed by atoms with Gasteiger partial charge in [0.25, 0.3) is 11.8 Å². The van der Waals surface area contributed by atoms with Crippen molar-refractivity contribution in [3.05, 3.63) is 65.0 Å². The average Bonchev–Trinajstić information content (AvgIpc) is 3.24. The Kier molecular flexibility index (Phi) is 8.89. The molecule has 4 rings (SSSR count). The highest BCUT2D eigenvalue weighted by Crippen LogP contribution is 2.29. The second-order valence-electron chi connectivity index (χ2n) is 10.1. The molecule has 0 saturated heterocycles. The number of hydrogen-bond donors (Lipinski definition) is 2. The standard InChI is InChI=1S/C28H33F2N5O3S/c1-17(2)19-9-11-23(31-14-19)35-26(33-24(36)15-39-4)25-22(34-35)13-20(32-27(25)37)10-8-18-6-5-7-21(12-18)38-16-28(3,29)30/h5-7,9,11-12,14,17,20H,8,10,13,15-16H2,1-4H3,(H,32,37)(H,33,36)/t20-/m0/s1. The fourth-order valence-electron chi connectivity index (χ4n) is 4.35. The molecule has 1 atom stereocenters. The predicted molar refractivity (Wildman–Crippen MR) is 148 cm³/mol. The number of halogens is 2. The number of alkyl halides is 2. The maximum atomic E-state index is 13.3. The minimum atomic E-state index is -2.91. The lowest BCUT2D eigenvalue weighted by molar-refractivity contribution is -0.113. The zero-order valence-electron chi connectivity index (χ0n) is 22.5. The second-order valence-corrected chi connectivity index (χ2v) is 11.0. The molecule has 1 aliphatic heterocycles. The number of carbonyl (C=O) groups is 2. The Morgan fingerprint density at radius 3 is 2.77 bits per heavy atom. The minimum absolute atomic E-state index is 0.191. The lowest BCUT2D eigenvalue weighted by atomic mass is 9.96. The van der Waals surface area contributed by atoms with Gasteiger partial charge in [-0.2, -0.15) is 21.5 Å². The van der Waals surface area contributed by atoms with Crippen LogP contribution in [0.15, 0.2) is 42.6 Å². The predicted octanol–water partition coefficient (Wildman–Crippen LogP) is 5.01. The number of amides is 2. The lowest BCUT2D eigenvalue weighted by Gasteiger charge is -2.23. The van der Waals surface area contributed by atoms with Gasteiger partial charge in [-0.05, 0) is 54.3 Å². The van der Waals surface area contributed by atoms with Crippen molar-refractivity contribution >= 4 is 29.4 Å². The van der Waals surface area contributed by atoms with Crippen LogP contribution in [0.25, 0.3) is 5.82 Å². The van der Waals surface area contributed by atoms with Crippen LogP contribution in [0.2, 0.25) is 0 Å². The van der Waals surface area contributed by atoms with E-state index in [1.807, 2.05) is 24.5 Å². The van der Waals surface area contributed by atoms with Gasteiger partial charge in [0, 0.05) is 25.6 Å². The van der Waals surface area contributed by atoms with Gasteiger partial charge in [0.05, 0.1) is 11.4 Å². The van der Waals surface area contributed by atoms with Crippen molar-refractivity contribution in [1.82, 2.24) is 20.1 Å². The van der Waals surface area contributed by atoms with Gasteiger partial charge in [-0.1, -0.05) is 32.0 Å². The van der Waals surface area contributed by atoms with Gasteiger partial charge < -0.3 is 15.4 Å². The number of fused-ring (bicyclic) bond motifs is 1. The Morgan fingerprint density at radius 2 is 2.10 bits per heavy atom. The third-order valence-corrected chi connectivity index (χ3v) is 6.87. The summed E-state index contributed by atoms with van der Waals surface area (Å²) in [6, 6.07) is 10.6. The molecule has 11 heteroatoms. The highest BCUT2D eigenvalue weighted by molar-refractivity contribution is 7.99. The number of aromatic nitrogens is 3. The molecule has 39 heavy (non-hydrogen) atoms. The van der Waals surface area contributed by atoms with Crippen molar-refractivity contribution in [1.29, 1.82) is 0 Å². The van der Waals surface area contributed by atoms with Crippen LogP contribution in [0.4, 0.5) is 14.6 Å². The molecular formula is C28H33F2N5O3S. The van der Waals surface area contributed by atoms with Crippen LogP contribution < -0.4 is 15.4 Å². The molecule has 0 radical (unpaired) electrons. The van der Waals surface area contributed by atoms with Gasteiger partial charge in [0.1, 0.15) is 11.3 Å². The quantitative estimate of drug-likeness (QED) is 0.344. The highest BCUT2D eigenvalue weighted by Gasteiger charge is 2.33. The van der Waals surface area contributed by atoms with E-state index in [9.17, 15) is 18.4 Å². The number of anilines is 1. The molecule has 0 aliphatic carbocycles. The molecule has 3 aromatic rings. The molecule has 1 aliphatic rings. The van der Waals surface area contributed by atoms with Gasteiger partial charge in [0.15, 0.2) is 18.2 Å². The normalized spacial score (nSPS) is 15.2. The van der Waals surface area contributed by atoms with E-state index in [1.54, 1.807) is 24.4 Å². The number of hydrogen-bond acceptors (Lipinski definition) is 6. The van der Waals surface area contributed by atoms with Crippen molar-refractivity contribution in [2.24, 2.45) is 0 Å². The zero-order valence-corrected chi connectivity index (χ0v) is 23.3. The van der Waals surface area contributed by atoms with Crippen LogP contribution in [0.5, 0.6) is 5.75 Å². The zero-order chi connectivity index (χ0) is 28.2. The fourth-order valence-corrected chi connectivity index (χ4v) is 4.68. The number of carbonyl (C=O) groups excluding carboxylic acids is 2. The SMILES string of the molecule is CSCC(=O)Nc1c2c(nn1-c1ccc(C(C)C)cn1)C[C@H](CCc1cccc(OCC(C)(F)F)c1)NC2=O. The molecule has 1 aromatic carbocycles. The maximum Gasteiger partial charge on any atom is 0.278 e. The van der Waals surface area contributed by atoms with E-state index in [-0.39, 0.29) is 23.6 Å². The van der Waals surface area contributed by atoms with E-state index in [1.165, 1.54) is 16.4 Å². The number of ether oxygens (including phenoxy) is 1. The number of rotatable bonds is 11. The van der Waals surface area contributed by atoms with E-state index in [0.717, 1.165) is 18.1 Å². The van der Waals surface area contributed by atoms with E-state index in [0.29, 0.717) is 53.8 Å². The first-order chi connectivity index (χ1) is 18.5. The number of thioether (sulfide) groups is 1. The summed E-state index contributed by atoms with van der Waals surface area (Å²) in [5.41, 5.74) is 2.91. The summed E-state index contributed by atoms with van der Waals surface area (Å²) in [4.78, 5) is 30.3. The van der Waals surface area contributed by atoms with E-state index < -0.39 is 12.5 Å². The van der Waals surface area contributed by atoms with E-state index in [4.69, 9.17) is 9.84 Å². The molecule has 0 bridgehead atoms. The molecule has 8 nitrogen and oxygen atoms in total. The fraction of sp³-hybridized carbons (Fsp3) is 0.429. The Labute approximate surface area is 230 Å². The number of nitrogens with zero attached hydrogens (tertiary/aromatic N) is 3. The third kappa shape index (κ3) is 7.35. The van der Waals surface area contributed by atoms with Crippen LogP contribution in [0.3, 0.4) is 0 Å². The van der Waals surface area contributed by atoms with Crippen LogP contribution >= 0.6 is 11.8 Å². The molecule has 2 aromatic heterocycles. The van der Waals surface area contributed by atoms with Crippen LogP contribution in [-0.4, -0.2) is 57.2 Å². The Balaban J connectivity index is 1.53. The van der Waals surface area contributed by atoms with Gasteiger partial charge in [-0.25, -0.2) is 13.8 Å². The Bertz CT molecular complexity index is 1320. The third-order valence-electron chi connectivity index (χ3n) is 6.32. The maximum absolute atomic E-state index is 13.3. The summed E-state index contributed by atoms with van der Waals surface area (Å²) in [5.74, 6) is -1.72. The molecule has 2 N–H and O–H groups in total. The molecule has 208 valence electrons. The van der Waals surface area contributed by atoms with Crippen molar-refractivity contribution in [2.75, 3.05) is 23.9 Å². The molecular weight excluding hydrogens is 524 g/mol. The molecule has 0 fully saturated rings. The van der Waals surface area contributed by atoms with E-state index in [2.05, 4.69) is 29.5 Å². The number of aryl methyl sites for hydroxylation is 1. The topological polar surface area (TPSA) is 98.1 Å². The monoisotopic (exact) mass is 557 g/mol. The minimum Gasteiger partial charge on any atom is -0.487 e. The summed E-state index contributed by atoms with van der Waals surface area (Å²) in [5, 5.41) is 10.6. The smallest absolute Gasteiger partial charge is 0.278 e. The van der Waals surface area contributed by atoms with Crippen LogP contribution in [0.1, 0.15) is 60.3 Å². The number of benzene rings is 1. The summed E-state index contributed by atoms with van der Waals surface area (Å²) in [6.07, 6.45) is 5.30. The molecule has 3 heterocycles. The second kappa shape index (κ2) is 12.1. The summed E-state index contributed by atoms with van der Waals surface area (Å²) >= 11 is 1.38. The number of nitrogens with one attached hydrogen (secondary N) is 2. The molecule has 0 saturated carbocycles. The van der Waals surface area contributed by atoms with Crippen LogP contribution in [-0.2, 0) is 17.6 Å². The van der Waals surface area contributed by atoms with Crippen molar-refractivity contribution in [2.45, 2.75) is 57.9 Å². The van der Waals surface area contributed by atoms with Gasteiger partial charge in [0.2, 0.25) is 5.91 Å². The van der Waals surface area contributed by atoms with Crippen LogP contribution in [0, 0.1) is 0 Å². The summed E-state index contributed by atoms with van der Waals surface area (Å²) < 4.78 is 33.1. The average molecular weight is 558 g/mol. The first-order valence-electron chi connectivity index (χ1n) is 12.8. The first kappa shape index (κ1) is 28.5. The van der Waals surface area contributed by atoms with Gasteiger partial charge in [-0.15, -0.1) is 0 Å². The molecule has 2 amide bonds. The first-order valence-corrected chi connectivity index (χ1v) is 14.2.